The quantitative estimate of drug-likeness (QED) is 0.904. The maximum absolute atomic E-state index is 12.4. The summed E-state index contributed by atoms with van der Waals surface area (Å²) in [6, 6.07) is 8.71. The van der Waals surface area contributed by atoms with E-state index in [1.807, 2.05) is 6.07 Å². The van der Waals surface area contributed by atoms with Crippen LogP contribution in [0.2, 0.25) is 0 Å². The minimum absolute atomic E-state index is 0. The lowest BCUT2D eigenvalue weighted by atomic mass is 9.98. The van der Waals surface area contributed by atoms with Crippen LogP contribution in [0.4, 0.5) is 0 Å². The summed E-state index contributed by atoms with van der Waals surface area (Å²) in [5, 5.41) is 3.34. The summed E-state index contributed by atoms with van der Waals surface area (Å²) < 4.78 is 26.5. The molecule has 1 saturated heterocycles. The maximum Gasteiger partial charge on any atom is 0.243 e. The zero-order valence-corrected chi connectivity index (χ0v) is 13.4. The average Bonchev–Trinajstić information content (AvgIpc) is 2.46. The van der Waals surface area contributed by atoms with E-state index in [1.54, 1.807) is 28.6 Å². The second-order valence-corrected chi connectivity index (χ2v) is 6.91. The van der Waals surface area contributed by atoms with Gasteiger partial charge in [0.15, 0.2) is 0 Å². The van der Waals surface area contributed by atoms with Crippen LogP contribution in [0.15, 0.2) is 35.2 Å². The summed E-state index contributed by atoms with van der Waals surface area (Å²) in [6.07, 6.45) is 1.89. The van der Waals surface area contributed by atoms with Gasteiger partial charge in [-0.15, -0.1) is 12.4 Å². The van der Waals surface area contributed by atoms with Crippen molar-refractivity contribution in [2.45, 2.75) is 24.7 Å². The van der Waals surface area contributed by atoms with Crippen LogP contribution in [-0.4, -0.2) is 38.9 Å². The molecule has 1 N–H and O–H groups in total. The SMILES string of the molecule is CCNCC1CCN(S(=O)(=O)c2ccccc2)CC1.Cl. The molecule has 1 heterocycles. The topological polar surface area (TPSA) is 49.4 Å². The number of nitrogens with one attached hydrogen (secondary N) is 1. The molecule has 1 fully saturated rings. The van der Waals surface area contributed by atoms with Crippen LogP contribution in [0.3, 0.4) is 0 Å². The first-order valence-electron chi connectivity index (χ1n) is 6.90. The van der Waals surface area contributed by atoms with E-state index in [4.69, 9.17) is 0 Å². The highest BCUT2D eigenvalue weighted by Gasteiger charge is 2.28. The first-order chi connectivity index (χ1) is 9.14. The molecule has 0 unspecified atom stereocenters. The Morgan fingerprint density at radius 2 is 1.80 bits per heavy atom. The van der Waals surface area contributed by atoms with Gasteiger partial charge in [0.05, 0.1) is 4.90 Å². The number of rotatable bonds is 5. The van der Waals surface area contributed by atoms with Crippen LogP contribution in [0, 0.1) is 5.92 Å². The Hall–Kier alpha value is -0.620. The van der Waals surface area contributed by atoms with E-state index in [9.17, 15) is 8.42 Å². The van der Waals surface area contributed by atoms with Crippen molar-refractivity contribution in [1.82, 2.24) is 9.62 Å². The number of hydrogen-bond donors (Lipinski definition) is 1. The van der Waals surface area contributed by atoms with E-state index in [2.05, 4.69) is 12.2 Å². The molecule has 0 aliphatic carbocycles. The molecular formula is C14H23ClN2O2S. The third-order valence-electron chi connectivity index (χ3n) is 3.64. The summed E-state index contributed by atoms with van der Waals surface area (Å²) in [6.45, 7) is 5.33. The molecule has 0 amide bonds. The first-order valence-corrected chi connectivity index (χ1v) is 8.34. The van der Waals surface area contributed by atoms with Crippen LogP contribution in [0.5, 0.6) is 0 Å². The largest absolute Gasteiger partial charge is 0.317 e. The molecule has 20 heavy (non-hydrogen) atoms. The van der Waals surface area contributed by atoms with Gasteiger partial charge in [-0.05, 0) is 44.0 Å². The zero-order valence-electron chi connectivity index (χ0n) is 11.8. The van der Waals surface area contributed by atoms with Crippen LogP contribution in [0.1, 0.15) is 19.8 Å². The van der Waals surface area contributed by atoms with Crippen LogP contribution in [0.25, 0.3) is 0 Å². The van der Waals surface area contributed by atoms with Gasteiger partial charge in [-0.2, -0.15) is 4.31 Å². The van der Waals surface area contributed by atoms with E-state index in [0.717, 1.165) is 25.9 Å². The molecule has 4 nitrogen and oxygen atoms in total. The third-order valence-corrected chi connectivity index (χ3v) is 5.55. The van der Waals surface area contributed by atoms with Gasteiger partial charge < -0.3 is 5.32 Å². The van der Waals surface area contributed by atoms with Crippen LogP contribution < -0.4 is 5.32 Å². The maximum atomic E-state index is 12.4. The van der Waals surface area contributed by atoms with Gasteiger partial charge in [-0.1, -0.05) is 25.1 Å². The van der Waals surface area contributed by atoms with E-state index in [-0.39, 0.29) is 12.4 Å². The van der Waals surface area contributed by atoms with Gasteiger partial charge in [0.2, 0.25) is 10.0 Å². The average molecular weight is 319 g/mol. The normalized spacial score (nSPS) is 17.6. The summed E-state index contributed by atoms with van der Waals surface area (Å²) in [5.74, 6) is 0.599. The highest BCUT2D eigenvalue weighted by atomic mass is 35.5. The molecule has 1 aromatic rings. The minimum Gasteiger partial charge on any atom is -0.317 e. The highest BCUT2D eigenvalue weighted by molar-refractivity contribution is 7.89. The van der Waals surface area contributed by atoms with E-state index in [1.165, 1.54) is 0 Å². The van der Waals surface area contributed by atoms with Gasteiger partial charge in [0.25, 0.3) is 0 Å². The number of halogens is 1. The summed E-state index contributed by atoms with van der Waals surface area (Å²) in [7, 11) is -3.29. The molecule has 0 bridgehead atoms. The number of benzene rings is 1. The molecule has 1 aromatic carbocycles. The number of hydrogen-bond acceptors (Lipinski definition) is 3. The van der Waals surface area contributed by atoms with Gasteiger partial charge in [0.1, 0.15) is 0 Å². The van der Waals surface area contributed by atoms with E-state index >= 15 is 0 Å². The van der Waals surface area contributed by atoms with Gasteiger partial charge in [0, 0.05) is 13.1 Å². The fourth-order valence-electron chi connectivity index (χ4n) is 2.44. The monoisotopic (exact) mass is 318 g/mol. The second kappa shape index (κ2) is 7.98. The Labute approximate surface area is 128 Å². The molecule has 0 radical (unpaired) electrons. The highest BCUT2D eigenvalue weighted by Crippen LogP contribution is 2.23. The Kier molecular flexibility index (Phi) is 6.95. The van der Waals surface area contributed by atoms with Crippen LogP contribution >= 0.6 is 12.4 Å². The van der Waals surface area contributed by atoms with Gasteiger partial charge >= 0.3 is 0 Å². The summed E-state index contributed by atoms with van der Waals surface area (Å²) >= 11 is 0. The number of sulfonamides is 1. The molecule has 0 saturated carbocycles. The number of piperidine rings is 1. The molecule has 6 heteroatoms. The molecular weight excluding hydrogens is 296 g/mol. The summed E-state index contributed by atoms with van der Waals surface area (Å²) in [4.78, 5) is 0.403. The molecule has 2 rings (SSSR count). The molecule has 1 aliphatic heterocycles. The van der Waals surface area contributed by atoms with Crippen molar-refractivity contribution >= 4 is 22.4 Å². The lowest BCUT2D eigenvalue weighted by Crippen LogP contribution is -2.40. The Morgan fingerprint density at radius 1 is 1.20 bits per heavy atom. The van der Waals surface area contributed by atoms with Crippen molar-refractivity contribution in [3.63, 3.8) is 0 Å². The molecule has 0 aromatic heterocycles. The minimum atomic E-state index is -3.29. The Bertz CT molecular complexity index is 485. The lowest BCUT2D eigenvalue weighted by molar-refractivity contribution is 0.268. The fraction of sp³-hybridized carbons (Fsp3) is 0.571. The predicted molar refractivity (Wildman–Crippen MR) is 83.7 cm³/mol. The second-order valence-electron chi connectivity index (χ2n) is 4.97. The van der Waals surface area contributed by atoms with Crippen molar-refractivity contribution in [3.8, 4) is 0 Å². The predicted octanol–water partition coefficient (Wildman–Crippen LogP) is 2.12. The van der Waals surface area contributed by atoms with Crippen molar-refractivity contribution in [3.05, 3.63) is 30.3 Å². The third kappa shape index (κ3) is 4.19. The molecule has 0 atom stereocenters. The summed E-state index contributed by atoms with van der Waals surface area (Å²) in [5.41, 5.74) is 0. The lowest BCUT2D eigenvalue weighted by Gasteiger charge is -2.31. The van der Waals surface area contributed by atoms with Crippen molar-refractivity contribution in [2.75, 3.05) is 26.2 Å². The standard InChI is InChI=1S/C14H22N2O2S.ClH/c1-2-15-12-13-8-10-16(11-9-13)19(17,18)14-6-4-3-5-7-14;/h3-7,13,15H,2,8-12H2,1H3;1H. The van der Waals surface area contributed by atoms with E-state index < -0.39 is 10.0 Å². The fourth-order valence-corrected chi connectivity index (χ4v) is 3.93. The zero-order chi connectivity index (χ0) is 13.7. The van der Waals surface area contributed by atoms with Crippen molar-refractivity contribution < 1.29 is 8.42 Å². The first kappa shape index (κ1) is 17.4. The molecule has 1 aliphatic rings. The van der Waals surface area contributed by atoms with Crippen LogP contribution in [-0.2, 0) is 10.0 Å². The molecule has 0 spiro atoms. The smallest absolute Gasteiger partial charge is 0.243 e. The van der Waals surface area contributed by atoms with Crippen molar-refractivity contribution in [2.24, 2.45) is 5.92 Å². The Balaban J connectivity index is 0.00000200. The van der Waals surface area contributed by atoms with Gasteiger partial charge in [-0.3, -0.25) is 0 Å². The molecule has 114 valence electrons. The van der Waals surface area contributed by atoms with Crippen molar-refractivity contribution in [1.29, 1.82) is 0 Å². The number of nitrogens with zero attached hydrogens (tertiary/aromatic N) is 1. The van der Waals surface area contributed by atoms with Gasteiger partial charge in [-0.25, -0.2) is 8.42 Å². The van der Waals surface area contributed by atoms with E-state index in [0.29, 0.717) is 23.9 Å². The Morgan fingerprint density at radius 3 is 2.35 bits per heavy atom.